The topological polar surface area (TPSA) is 96.3 Å². The summed E-state index contributed by atoms with van der Waals surface area (Å²) in [7, 11) is 0. The Morgan fingerprint density at radius 2 is 1.85 bits per heavy atom. The van der Waals surface area contributed by atoms with Crippen LogP contribution in [0.1, 0.15) is 57.8 Å². The number of benzene rings is 1. The van der Waals surface area contributed by atoms with Crippen LogP contribution in [-0.4, -0.2) is 44.4 Å². The van der Waals surface area contributed by atoms with Gasteiger partial charge < -0.3 is 15.2 Å². The molecule has 0 radical (unpaired) electrons. The molecule has 2 aliphatic rings. The van der Waals surface area contributed by atoms with Gasteiger partial charge in [-0.1, -0.05) is 32.9 Å². The molecule has 4 rings (SSSR count). The smallest absolute Gasteiger partial charge is 0.325 e. The summed E-state index contributed by atoms with van der Waals surface area (Å²) in [6.45, 7) is 9.00. The summed E-state index contributed by atoms with van der Waals surface area (Å²) in [6, 6.07) is 7.04. The summed E-state index contributed by atoms with van der Waals surface area (Å²) in [4.78, 5) is 43.5. The van der Waals surface area contributed by atoms with E-state index in [4.69, 9.17) is 0 Å². The summed E-state index contributed by atoms with van der Waals surface area (Å²) >= 11 is 0. The number of carbonyl (C=O) groups is 3. The third-order valence-electron chi connectivity index (χ3n) is 7.13. The van der Waals surface area contributed by atoms with Crippen LogP contribution in [0.3, 0.4) is 0 Å². The Bertz CT molecular complexity index is 1040. The highest BCUT2D eigenvalue weighted by Gasteiger charge is 2.53. The van der Waals surface area contributed by atoms with Crippen LogP contribution >= 0.6 is 0 Å². The molecule has 2 N–H and O–H groups in total. The second-order valence-corrected chi connectivity index (χ2v) is 10.4. The largest absolute Gasteiger partial charge is 0.331 e. The standard InChI is InChI=1S/C25H33N5O3/c1-17-26-13-14-29(17)15-18-5-7-20(8-6-18)27-21(31)16-30-22(32)25(28-23(30)33)11-9-19(10-12-25)24(2,3)4/h5-8,13-14,19H,9-12,15-16H2,1-4H3,(H,27,31)(H,28,33). The average Bonchev–Trinajstić information content (AvgIpc) is 3.25. The second-order valence-electron chi connectivity index (χ2n) is 10.4. The number of rotatable bonds is 5. The van der Waals surface area contributed by atoms with Crippen molar-refractivity contribution >= 4 is 23.5 Å². The van der Waals surface area contributed by atoms with E-state index in [2.05, 4.69) is 36.4 Å². The molecule has 2 aromatic rings. The number of amides is 4. The number of imidazole rings is 1. The van der Waals surface area contributed by atoms with E-state index in [0.29, 0.717) is 31.0 Å². The molecular formula is C25H33N5O3. The van der Waals surface area contributed by atoms with Crippen molar-refractivity contribution in [2.75, 3.05) is 11.9 Å². The molecule has 1 saturated carbocycles. The predicted molar refractivity (Wildman–Crippen MR) is 126 cm³/mol. The van der Waals surface area contributed by atoms with Crippen molar-refractivity contribution in [3.8, 4) is 0 Å². The summed E-state index contributed by atoms with van der Waals surface area (Å²) < 4.78 is 2.04. The zero-order chi connectivity index (χ0) is 23.8. The van der Waals surface area contributed by atoms with Crippen LogP contribution < -0.4 is 10.6 Å². The predicted octanol–water partition coefficient (Wildman–Crippen LogP) is 3.71. The Morgan fingerprint density at radius 3 is 2.42 bits per heavy atom. The Kier molecular flexibility index (Phi) is 6.03. The van der Waals surface area contributed by atoms with Crippen molar-refractivity contribution in [3.63, 3.8) is 0 Å². The van der Waals surface area contributed by atoms with E-state index in [1.165, 1.54) is 0 Å². The SMILES string of the molecule is Cc1nccn1Cc1ccc(NC(=O)CN2C(=O)NC3(CCC(C(C)(C)C)CC3)C2=O)cc1. The van der Waals surface area contributed by atoms with Crippen LogP contribution in [0, 0.1) is 18.3 Å². The first-order valence-electron chi connectivity index (χ1n) is 11.6. The fourth-order valence-corrected chi connectivity index (χ4v) is 4.94. The Morgan fingerprint density at radius 1 is 1.18 bits per heavy atom. The summed E-state index contributed by atoms with van der Waals surface area (Å²) in [5.41, 5.74) is 1.03. The maximum atomic E-state index is 13.1. The number of anilines is 1. The van der Waals surface area contributed by atoms with Gasteiger partial charge in [0.1, 0.15) is 17.9 Å². The van der Waals surface area contributed by atoms with Crippen molar-refractivity contribution in [2.45, 2.75) is 65.5 Å². The number of hydrogen-bond acceptors (Lipinski definition) is 4. The molecule has 1 aromatic heterocycles. The van der Waals surface area contributed by atoms with Crippen molar-refractivity contribution in [1.82, 2.24) is 19.8 Å². The van der Waals surface area contributed by atoms with Crippen molar-refractivity contribution in [3.05, 3.63) is 48.0 Å². The molecule has 2 fully saturated rings. The molecule has 8 nitrogen and oxygen atoms in total. The number of urea groups is 1. The minimum absolute atomic E-state index is 0.181. The lowest BCUT2D eigenvalue weighted by Gasteiger charge is -2.40. The lowest BCUT2D eigenvalue weighted by Crippen LogP contribution is -2.50. The highest BCUT2D eigenvalue weighted by Crippen LogP contribution is 2.43. The van der Waals surface area contributed by atoms with Gasteiger partial charge in [0.25, 0.3) is 5.91 Å². The first kappa shape index (κ1) is 23.0. The fraction of sp³-hybridized carbons (Fsp3) is 0.520. The van der Waals surface area contributed by atoms with Gasteiger partial charge in [0.05, 0.1) is 0 Å². The number of imide groups is 1. The quantitative estimate of drug-likeness (QED) is 0.678. The van der Waals surface area contributed by atoms with Crippen LogP contribution in [-0.2, 0) is 16.1 Å². The molecule has 1 saturated heterocycles. The molecule has 176 valence electrons. The average molecular weight is 452 g/mol. The fourth-order valence-electron chi connectivity index (χ4n) is 4.94. The second kappa shape index (κ2) is 8.65. The zero-order valence-corrected chi connectivity index (χ0v) is 19.9. The van der Waals surface area contributed by atoms with Gasteiger partial charge in [-0.3, -0.25) is 14.5 Å². The first-order chi connectivity index (χ1) is 15.6. The van der Waals surface area contributed by atoms with Crippen LogP contribution in [0.5, 0.6) is 0 Å². The van der Waals surface area contributed by atoms with E-state index < -0.39 is 17.5 Å². The van der Waals surface area contributed by atoms with Crippen LogP contribution in [0.4, 0.5) is 10.5 Å². The molecule has 0 unspecified atom stereocenters. The molecule has 4 amide bonds. The first-order valence-corrected chi connectivity index (χ1v) is 11.6. The minimum atomic E-state index is -0.855. The Balaban J connectivity index is 1.33. The lowest BCUT2D eigenvalue weighted by molar-refractivity contribution is -0.135. The monoisotopic (exact) mass is 451 g/mol. The number of hydrogen-bond donors (Lipinski definition) is 2. The molecule has 1 aliphatic carbocycles. The normalized spacial score (nSPS) is 23.2. The van der Waals surface area contributed by atoms with Gasteiger partial charge in [-0.2, -0.15) is 0 Å². The molecule has 1 spiro atoms. The molecule has 0 bridgehead atoms. The van der Waals surface area contributed by atoms with E-state index in [-0.39, 0.29) is 17.9 Å². The van der Waals surface area contributed by atoms with Crippen LogP contribution in [0.25, 0.3) is 0 Å². The third kappa shape index (κ3) is 4.79. The Labute approximate surface area is 194 Å². The Hall–Kier alpha value is -3.16. The summed E-state index contributed by atoms with van der Waals surface area (Å²) in [5.74, 6) is 0.787. The van der Waals surface area contributed by atoms with Gasteiger partial charge in [0.15, 0.2) is 0 Å². The molecule has 8 heteroatoms. The van der Waals surface area contributed by atoms with Gasteiger partial charge in [-0.25, -0.2) is 9.78 Å². The molecule has 1 aromatic carbocycles. The number of nitrogens with one attached hydrogen (secondary N) is 2. The maximum absolute atomic E-state index is 13.1. The van der Waals surface area contributed by atoms with Crippen molar-refractivity contribution in [2.24, 2.45) is 11.3 Å². The summed E-state index contributed by atoms with van der Waals surface area (Å²) in [5, 5.41) is 5.69. The zero-order valence-electron chi connectivity index (χ0n) is 19.9. The number of aromatic nitrogens is 2. The lowest BCUT2D eigenvalue weighted by atomic mass is 9.67. The van der Waals surface area contributed by atoms with Gasteiger partial charge in [0, 0.05) is 24.6 Å². The van der Waals surface area contributed by atoms with E-state index in [1.54, 1.807) is 6.20 Å². The molecule has 33 heavy (non-hydrogen) atoms. The number of carbonyl (C=O) groups excluding carboxylic acids is 3. The number of aryl methyl sites for hydroxylation is 1. The van der Waals surface area contributed by atoms with Gasteiger partial charge >= 0.3 is 6.03 Å². The van der Waals surface area contributed by atoms with Crippen molar-refractivity contribution in [1.29, 1.82) is 0 Å². The molecule has 1 aliphatic heterocycles. The van der Waals surface area contributed by atoms with Gasteiger partial charge in [-0.05, 0) is 61.6 Å². The van der Waals surface area contributed by atoms with E-state index >= 15 is 0 Å². The van der Waals surface area contributed by atoms with Gasteiger partial charge in [-0.15, -0.1) is 0 Å². The molecule has 0 atom stereocenters. The van der Waals surface area contributed by atoms with Gasteiger partial charge in [0.2, 0.25) is 5.91 Å². The van der Waals surface area contributed by atoms with Crippen molar-refractivity contribution < 1.29 is 14.4 Å². The van der Waals surface area contributed by atoms with E-state index in [9.17, 15) is 14.4 Å². The maximum Gasteiger partial charge on any atom is 0.325 e. The third-order valence-corrected chi connectivity index (χ3v) is 7.13. The van der Waals surface area contributed by atoms with Crippen LogP contribution in [0.2, 0.25) is 0 Å². The number of nitrogens with zero attached hydrogens (tertiary/aromatic N) is 3. The highest BCUT2D eigenvalue weighted by atomic mass is 16.2. The minimum Gasteiger partial charge on any atom is -0.331 e. The molecular weight excluding hydrogens is 418 g/mol. The highest BCUT2D eigenvalue weighted by molar-refractivity contribution is 6.10. The summed E-state index contributed by atoms with van der Waals surface area (Å²) in [6.07, 6.45) is 6.71. The molecule has 2 heterocycles. The van der Waals surface area contributed by atoms with Crippen LogP contribution in [0.15, 0.2) is 36.7 Å². The van der Waals surface area contributed by atoms with E-state index in [0.717, 1.165) is 29.1 Å². The van der Waals surface area contributed by atoms with E-state index in [1.807, 2.05) is 42.0 Å².